The van der Waals surface area contributed by atoms with Crippen molar-refractivity contribution in [3.8, 4) is 0 Å². The second kappa shape index (κ2) is 19.4. The molecule has 4 rings (SSSR count). The molecule has 16 atom stereocenters. The van der Waals surface area contributed by atoms with Gasteiger partial charge in [-0.05, 0) is 78.9 Å². The van der Waals surface area contributed by atoms with E-state index in [1.54, 1.807) is 66.7 Å². The van der Waals surface area contributed by atoms with Gasteiger partial charge in [0.2, 0.25) is 15.9 Å². The lowest BCUT2D eigenvalue weighted by atomic mass is 9.77. The van der Waals surface area contributed by atoms with E-state index < -0.39 is 106 Å². The fourth-order valence-electron chi connectivity index (χ4n) is 9.15. The molecule has 16 nitrogen and oxygen atoms in total. The van der Waals surface area contributed by atoms with Crippen molar-refractivity contribution >= 4 is 21.9 Å². The van der Waals surface area contributed by atoms with Crippen LogP contribution in [0.15, 0.2) is 35.2 Å². The first-order valence-corrected chi connectivity index (χ1v) is 22.2. The van der Waals surface area contributed by atoms with Crippen LogP contribution in [0.5, 0.6) is 0 Å². The third kappa shape index (κ3) is 11.2. The summed E-state index contributed by atoms with van der Waals surface area (Å²) in [5.74, 6) is -3.45. The number of benzene rings is 1. The van der Waals surface area contributed by atoms with E-state index in [1.807, 2.05) is 6.92 Å². The fourth-order valence-corrected chi connectivity index (χ4v) is 10.5. The lowest BCUT2D eigenvalue weighted by molar-refractivity contribution is -0.317. The number of methoxy groups -OCH3 is 1. The van der Waals surface area contributed by atoms with Gasteiger partial charge in [-0.25, -0.2) is 8.42 Å². The fraction of sp³-hybridized carbons (Fsp3) is 0.810. The second-order valence-corrected chi connectivity index (χ2v) is 19.9. The Morgan fingerprint density at radius 1 is 0.983 bits per heavy atom. The van der Waals surface area contributed by atoms with Crippen molar-refractivity contribution in [1.29, 1.82) is 0 Å². The molecule has 338 valence electrons. The minimum Gasteiger partial charge on any atom is -0.459 e. The Bertz CT molecular complexity index is 1660. The van der Waals surface area contributed by atoms with Gasteiger partial charge in [0.15, 0.2) is 12.6 Å². The number of hydrogen-bond acceptors (Lipinski definition) is 14. The molecule has 0 radical (unpaired) electrons. The SMILES string of the molecule is CC[C@H]1OC(=O)[C@H](C)[C@@H](O[C@H]2C[C@@](C)(OC)[C@@H](O)[C@H](C)O2)[C@H](C)[C@@H](O[C@@H]2O[C@H](C)C[C@H](N(C)S(=O)(=O)c3ccccc3)[C@H]2O)[C@](C)(O)C[C@@H](C)CN(C(C)=O)C[C@]1(C)O. The van der Waals surface area contributed by atoms with E-state index in [1.165, 1.54) is 45.0 Å². The molecular weight excluding hydrogens is 789 g/mol. The zero-order valence-electron chi connectivity index (χ0n) is 36.8. The number of esters is 1. The summed E-state index contributed by atoms with van der Waals surface area (Å²) in [5, 5.41) is 47.2. The van der Waals surface area contributed by atoms with Crippen LogP contribution in [0.4, 0.5) is 0 Å². The number of carbonyl (C=O) groups is 2. The summed E-state index contributed by atoms with van der Waals surface area (Å²) < 4.78 is 66.1. The molecule has 3 fully saturated rings. The quantitative estimate of drug-likeness (QED) is 0.263. The van der Waals surface area contributed by atoms with E-state index in [0.717, 1.165) is 4.31 Å². The lowest BCUT2D eigenvalue weighted by Gasteiger charge is -2.49. The summed E-state index contributed by atoms with van der Waals surface area (Å²) in [4.78, 5) is 28.7. The molecule has 0 spiro atoms. The molecule has 1 amide bonds. The number of rotatable bonds is 9. The van der Waals surface area contributed by atoms with Gasteiger partial charge in [0.1, 0.15) is 23.9 Å². The minimum absolute atomic E-state index is 0.0334. The second-order valence-electron chi connectivity index (χ2n) is 17.9. The maximum absolute atomic E-state index is 14.3. The van der Waals surface area contributed by atoms with Crippen molar-refractivity contribution < 1.29 is 66.9 Å². The Balaban J connectivity index is 1.81. The number of sulfonamides is 1. The number of aliphatic hydroxyl groups excluding tert-OH is 2. The molecule has 0 bridgehead atoms. The lowest BCUT2D eigenvalue weighted by Crippen LogP contribution is -2.61. The van der Waals surface area contributed by atoms with Crippen molar-refractivity contribution in [1.82, 2.24) is 9.21 Å². The Labute approximate surface area is 350 Å². The predicted octanol–water partition coefficient (Wildman–Crippen LogP) is 2.83. The smallest absolute Gasteiger partial charge is 0.311 e. The van der Waals surface area contributed by atoms with Crippen molar-refractivity contribution in [2.75, 3.05) is 27.2 Å². The molecule has 1 aromatic carbocycles. The van der Waals surface area contributed by atoms with Gasteiger partial charge in [-0.1, -0.05) is 39.0 Å². The topological polar surface area (TPSA) is 211 Å². The number of amides is 1. The van der Waals surface area contributed by atoms with Crippen molar-refractivity contribution in [2.24, 2.45) is 17.8 Å². The van der Waals surface area contributed by atoms with E-state index in [0.29, 0.717) is 0 Å². The number of likely N-dealkylation sites (N-methyl/N-ethyl adjacent to an activating group) is 1. The molecule has 0 unspecified atom stereocenters. The van der Waals surface area contributed by atoms with Gasteiger partial charge in [-0.2, -0.15) is 4.31 Å². The highest BCUT2D eigenvalue weighted by molar-refractivity contribution is 7.89. The van der Waals surface area contributed by atoms with Gasteiger partial charge in [-0.3, -0.25) is 9.59 Å². The highest BCUT2D eigenvalue weighted by atomic mass is 32.2. The summed E-state index contributed by atoms with van der Waals surface area (Å²) >= 11 is 0. The third-order valence-corrected chi connectivity index (χ3v) is 14.5. The van der Waals surface area contributed by atoms with E-state index >= 15 is 0 Å². The van der Waals surface area contributed by atoms with Crippen molar-refractivity contribution in [2.45, 2.75) is 178 Å². The molecule has 3 aliphatic heterocycles. The largest absolute Gasteiger partial charge is 0.459 e. The van der Waals surface area contributed by atoms with E-state index in [4.69, 9.17) is 28.4 Å². The van der Waals surface area contributed by atoms with Gasteiger partial charge in [0.05, 0.1) is 59.0 Å². The summed E-state index contributed by atoms with van der Waals surface area (Å²) in [7, 11) is -1.20. The first-order valence-electron chi connectivity index (χ1n) is 20.8. The highest BCUT2D eigenvalue weighted by Crippen LogP contribution is 2.40. The molecular formula is C42H70N2O14S. The van der Waals surface area contributed by atoms with E-state index in [-0.39, 0.29) is 55.5 Å². The van der Waals surface area contributed by atoms with Crippen LogP contribution in [-0.2, 0) is 48.0 Å². The van der Waals surface area contributed by atoms with E-state index in [2.05, 4.69) is 0 Å². The Morgan fingerprint density at radius 3 is 2.19 bits per heavy atom. The Morgan fingerprint density at radius 2 is 1.61 bits per heavy atom. The van der Waals surface area contributed by atoms with Crippen molar-refractivity contribution in [3.63, 3.8) is 0 Å². The number of cyclic esters (lactones) is 1. The highest BCUT2D eigenvalue weighted by Gasteiger charge is 2.52. The van der Waals surface area contributed by atoms with Gasteiger partial charge < -0.3 is 53.7 Å². The van der Waals surface area contributed by atoms with Crippen LogP contribution >= 0.6 is 0 Å². The standard InChI is InChI=1S/C42H70N2O14S/c1-13-32-41(9,50)23-44(29(7)45)22-24(2)20-40(8,49)37(26(4)35(27(5)38(48)56-32)57-33-21-42(10,53-12)36(47)28(6)55-33)58-39-34(46)31(19-25(3)54-39)43(11)59(51,52)30-17-15-14-16-18-30/h14-18,24-28,31-37,39,46-47,49-50H,13,19-23H2,1-12H3/t24-,25-,26+,27-,28+,31+,32-,33+,34-,35+,36+,37-,39+,40-,41+,42-/m1/s1. The number of β-amino-alcohol motifs (C(OH)–C–C–N with tert-alkyl or cyclic N) is 1. The van der Waals surface area contributed by atoms with E-state index in [9.17, 15) is 38.4 Å². The third-order valence-electron chi connectivity index (χ3n) is 12.6. The average molecular weight is 859 g/mol. The zero-order chi connectivity index (χ0) is 44.4. The van der Waals surface area contributed by atoms with Crippen LogP contribution in [0.1, 0.15) is 94.9 Å². The first-order chi connectivity index (χ1) is 27.3. The van der Waals surface area contributed by atoms with Crippen LogP contribution in [0.3, 0.4) is 0 Å². The summed E-state index contributed by atoms with van der Waals surface area (Å²) in [6, 6.07) is 6.88. The summed E-state index contributed by atoms with van der Waals surface area (Å²) in [5.41, 5.74) is -4.50. The summed E-state index contributed by atoms with van der Waals surface area (Å²) in [6.07, 6.45) is -9.29. The van der Waals surface area contributed by atoms with Crippen LogP contribution in [0, 0.1) is 17.8 Å². The molecule has 1 aromatic rings. The number of aliphatic hydroxyl groups is 4. The molecule has 0 saturated carbocycles. The molecule has 4 N–H and O–H groups in total. The van der Waals surface area contributed by atoms with Crippen LogP contribution in [-0.4, -0.2) is 155 Å². The molecule has 3 saturated heterocycles. The average Bonchev–Trinajstić information content (AvgIpc) is 3.16. The van der Waals surface area contributed by atoms with Gasteiger partial charge in [0, 0.05) is 40.0 Å². The molecule has 59 heavy (non-hydrogen) atoms. The molecule has 17 heteroatoms. The Kier molecular flexibility index (Phi) is 16.2. The summed E-state index contributed by atoms with van der Waals surface area (Å²) in [6.45, 7) is 16.5. The normalized spacial score (nSPS) is 42.2. The number of hydrogen-bond donors (Lipinski definition) is 4. The maximum atomic E-state index is 14.3. The van der Waals surface area contributed by atoms with Crippen LogP contribution < -0.4 is 0 Å². The first kappa shape index (κ1) is 49.4. The number of ether oxygens (including phenoxy) is 6. The molecule has 3 aliphatic rings. The van der Waals surface area contributed by atoms with Crippen molar-refractivity contribution in [3.05, 3.63) is 30.3 Å². The van der Waals surface area contributed by atoms with Gasteiger partial charge >= 0.3 is 5.97 Å². The monoisotopic (exact) mass is 858 g/mol. The maximum Gasteiger partial charge on any atom is 0.311 e. The predicted molar refractivity (Wildman–Crippen MR) is 216 cm³/mol. The van der Waals surface area contributed by atoms with Gasteiger partial charge in [0.25, 0.3) is 0 Å². The number of nitrogens with zero attached hydrogens (tertiary/aromatic N) is 2. The Hall–Kier alpha value is -2.29. The zero-order valence-corrected chi connectivity index (χ0v) is 37.6. The molecule has 0 aromatic heterocycles. The van der Waals surface area contributed by atoms with Crippen LogP contribution in [0.25, 0.3) is 0 Å². The minimum atomic E-state index is -4.06. The molecule has 0 aliphatic carbocycles. The number of carbonyl (C=O) groups excluding carboxylic acids is 2. The molecule has 3 heterocycles. The van der Waals surface area contributed by atoms with Crippen LogP contribution in [0.2, 0.25) is 0 Å². The van der Waals surface area contributed by atoms with Gasteiger partial charge in [-0.15, -0.1) is 0 Å².